The van der Waals surface area contributed by atoms with E-state index in [9.17, 15) is 4.39 Å². The lowest BCUT2D eigenvalue weighted by molar-refractivity contribution is 0.441. The van der Waals surface area contributed by atoms with Crippen LogP contribution in [0.2, 0.25) is 0 Å². The van der Waals surface area contributed by atoms with Crippen molar-refractivity contribution in [1.29, 1.82) is 10.5 Å². The third-order valence-electron chi connectivity index (χ3n) is 2.60. The molecule has 0 aliphatic rings. The average molecular weight is 331 g/mol. The molecule has 98 valence electrons. The molecule has 0 fully saturated rings. The van der Waals surface area contributed by atoms with Crippen LogP contribution in [-0.2, 0) is 5.33 Å². The van der Waals surface area contributed by atoms with Crippen molar-refractivity contribution in [3.8, 4) is 23.6 Å². The van der Waals surface area contributed by atoms with E-state index < -0.39 is 5.82 Å². The van der Waals surface area contributed by atoms with Gasteiger partial charge in [-0.25, -0.2) is 4.39 Å². The maximum absolute atomic E-state index is 13.7. The Kier molecular flexibility index (Phi) is 4.34. The number of alkyl halides is 1. The highest BCUT2D eigenvalue weighted by atomic mass is 79.9. The number of hydrogen-bond acceptors (Lipinski definition) is 3. The van der Waals surface area contributed by atoms with Crippen LogP contribution in [0.5, 0.6) is 11.5 Å². The SMILES string of the molecule is N#Cc1ccc(Oc2ccc(CBr)cc2C#N)c(F)c1. The van der Waals surface area contributed by atoms with Crippen molar-refractivity contribution in [2.45, 2.75) is 5.33 Å². The summed E-state index contributed by atoms with van der Waals surface area (Å²) in [5.74, 6) is -0.384. The number of benzene rings is 2. The summed E-state index contributed by atoms with van der Waals surface area (Å²) < 4.78 is 19.1. The Balaban J connectivity index is 2.36. The van der Waals surface area contributed by atoms with Gasteiger partial charge in [0, 0.05) is 5.33 Å². The van der Waals surface area contributed by atoms with Gasteiger partial charge in [0.1, 0.15) is 11.8 Å². The molecule has 0 spiro atoms. The van der Waals surface area contributed by atoms with Crippen LogP contribution in [0, 0.1) is 28.5 Å². The molecule has 0 unspecified atom stereocenters. The van der Waals surface area contributed by atoms with Gasteiger partial charge in [-0.3, -0.25) is 0 Å². The normalized spacial score (nSPS) is 9.60. The van der Waals surface area contributed by atoms with Gasteiger partial charge in [0.05, 0.1) is 17.2 Å². The first-order chi connectivity index (χ1) is 9.67. The highest BCUT2D eigenvalue weighted by Gasteiger charge is 2.10. The molecule has 0 aliphatic carbocycles. The van der Waals surface area contributed by atoms with E-state index in [0.29, 0.717) is 10.9 Å². The lowest BCUT2D eigenvalue weighted by atomic mass is 10.1. The quantitative estimate of drug-likeness (QED) is 0.790. The van der Waals surface area contributed by atoms with Crippen LogP contribution < -0.4 is 4.74 Å². The first kappa shape index (κ1) is 14.0. The molecule has 2 aromatic rings. The van der Waals surface area contributed by atoms with Gasteiger partial charge in [-0.15, -0.1) is 0 Å². The molecule has 0 radical (unpaired) electrons. The maximum atomic E-state index is 13.7. The maximum Gasteiger partial charge on any atom is 0.167 e. The third kappa shape index (κ3) is 2.96. The van der Waals surface area contributed by atoms with E-state index in [1.54, 1.807) is 18.2 Å². The fourth-order valence-electron chi connectivity index (χ4n) is 1.61. The Hall–Kier alpha value is -2.37. The minimum atomic E-state index is -0.641. The summed E-state index contributed by atoms with van der Waals surface area (Å²) in [7, 11) is 0. The van der Waals surface area contributed by atoms with E-state index in [4.69, 9.17) is 15.3 Å². The number of nitrogens with zero attached hydrogens (tertiary/aromatic N) is 2. The average Bonchev–Trinajstić information content (AvgIpc) is 2.49. The summed E-state index contributed by atoms with van der Waals surface area (Å²) in [6, 6.07) is 12.8. The number of rotatable bonds is 3. The molecular weight excluding hydrogens is 323 g/mol. The van der Waals surface area contributed by atoms with E-state index in [-0.39, 0.29) is 17.1 Å². The summed E-state index contributed by atoms with van der Waals surface area (Å²) >= 11 is 3.30. The summed E-state index contributed by atoms with van der Waals surface area (Å²) in [4.78, 5) is 0. The first-order valence-corrected chi connectivity index (χ1v) is 6.76. The van der Waals surface area contributed by atoms with Crippen molar-refractivity contribution >= 4 is 15.9 Å². The lowest BCUT2D eigenvalue weighted by Crippen LogP contribution is -1.93. The van der Waals surface area contributed by atoms with Crippen molar-refractivity contribution in [2.24, 2.45) is 0 Å². The zero-order valence-corrected chi connectivity index (χ0v) is 11.8. The molecule has 0 saturated carbocycles. The largest absolute Gasteiger partial charge is 0.453 e. The Labute approximate surface area is 124 Å². The van der Waals surface area contributed by atoms with E-state index in [2.05, 4.69) is 15.9 Å². The summed E-state index contributed by atoms with van der Waals surface area (Å²) in [6.45, 7) is 0. The molecule has 2 rings (SSSR count). The molecule has 0 bridgehead atoms. The van der Waals surface area contributed by atoms with E-state index >= 15 is 0 Å². The molecule has 20 heavy (non-hydrogen) atoms. The lowest BCUT2D eigenvalue weighted by Gasteiger charge is -2.09. The van der Waals surface area contributed by atoms with Crippen molar-refractivity contribution in [3.63, 3.8) is 0 Å². The predicted molar refractivity (Wildman–Crippen MR) is 75.0 cm³/mol. The second kappa shape index (κ2) is 6.18. The number of halogens is 2. The van der Waals surface area contributed by atoms with Gasteiger partial charge < -0.3 is 4.74 Å². The van der Waals surface area contributed by atoms with Crippen LogP contribution >= 0.6 is 15.9 Å². The van der Waals surface area contributed by atoms with Crippen LogP contribution in [0.3, 0.4) is 0 Å². The van der Waals surface area contributed by atoms with Gasteiger partial charge in [-0.05, 0) is 35.9 Å². The Bertz CT molecular complexity index is 732. The van der Waals surface area contributed by atoms with Gasteiger partial charge in [-0.1, -0.05) is 22.0 Å². The Morgan fingerprint density at radius 1 is 1.05 bits per heavy atom. The van der Waals surface area contributed by atoms with Crippen LogP contribution in [0.1, 0.15) is 16.7 Å². The molecule has 0 atom stereocenters. The molecule has 5 heteroatoms. The Morgan fingerprint density at radius 3 is 2.40 bits per heavy atom. The van der Waals surface area contributed by atoms with Crippen LogP contribution in [0.15, 0.2) is 36.4 Å². The first-order valence-electron chi connectivity index (χ1n) is 5.64. The molecule has 0 heterocycles. The molecular formula is C15H8BrFN2O. The van der Waals surface area contributed by atoms with Gasteiger partial charge in [0.2, 0.25) is 0 Å². The molecule has 3 nitrogen and oxygen atoms in total. The van der Waals surface area contributed by atoms with E-state index in [1.807, 2.05) is 12.1 Å². The zero-order chi connectivity index (χ0) is 14.5. The monoisotopic (exact) mass is 330 g/mol. The van der Waals surface area contributed by atoms with E-state index in [0.717, 1.165) is 11.6 Å². The summed E-state index contributed by atoms with van der Waals surface area (Å²) in [5.41, 5.74) is 1.46. The molecule has 2 aromatic carbocycles. The minimum absolute atomic E-state index is 0.0212. The molecule has 0 saturated heterocycles. The topological polar surface area (TPSA) is 56.8 Å². The van der Waals surface area contributed by atoms with Crippen LogP contribution in [0.25, 0.3) is 0 Å². The van der Waals surface area contributed by atoms with E-state index in [1.165, 1.54) is 12.1 Å². The smallest absolute Gasteiger partial charge is 0.167 e. The number of ether oxygens (including phenoxy) is 1. The minimum Gasteiger partial charge on any atom is -0.453 e. The number of hydrogen-bond donors (Lipinski definition) is 0. The number of nitriles is 2. The Morgan fingerprint density at radius 2 is 1.80 bits per heavy atom. The predicted octanol–water partition coefficient (Wildman–Crippen LogP) is 4.26. The summed E-state index contributed by atoms with van der Waals surface area (Å²) in [6.07, 6.45) is 0. The summed E-state index contributed by atoms with van der Waals surface area (Å²) in [5, 5.41) is 18.4. The molecule has 0 aromatic heterocycles. The fourth-order valence-corrected chi connectivity index (χ4v) is 1.96. The van der Waals surface area contributed by atoms with Crippen molar-refractivity contribution in [1.82, 2.24) is 0 Å². The van der Waals surface area contributed by atoms with Gasteiger partial charge >= 0.3 is 0 Å². The second-order valence-electron chi connectivity index (χ2n) is 3.94. The van der Waals surface area contributed by atoms with Crippen molar-refractivity contribution in [2.75, 3.05) is 0 Å². The van der Waals surface area contributed by atoms with Crippen LogP contribution in [-0.4, -0.2) is 0 Å². The fraction of sp³-hybridized carbons (Fsp3) is 0.0667. The molecule has 0 N–H and O–H groups in total. The molecule has 0 amide bonds. The van der Waals surface area contributed by atoms with Crippen molar-refractivity contribution < 1.29 is 9.13 Å². The van der Waals surface area contributed by atoms with Crippen LogP contribution in [0.4, 0.5) is 4.39 Å². The third-order valence-corrected chi connectivity index (χ3v) is 3.25. The highest BCUT2D eigenvalue weighted by molar-refractivity contribution is 9.08. The van der Waals surface area contributed by atoms with Gasteiger partial charge in [0.15, 0.2) is 11.6 Å². The second-order valence-corrected chi connectivity index (χ2v) is 4.50. The highest BCUT2D eigenvalue weighted by Crippen LogP contribution is 2.28. The van der Waals surface area contributed by atoms with Gasteiger partial charge in [0.25, 0.3) is 0 Å². The molecule has 0 aliphatic heterocycles. The van der Waals surface area contributed by atoms with Crippen molar-refractivity contribution in [3.05, 3.63) is 58.9 Å². The van der Waals surface area contributed by atoms with Gasteiger partial charge in [-0.2, -0.15) is 10.5 Å². The zero-order valence-electron chi connectivity index (χ0n) is 10.2. The standard InChI is InChI=1S/C15H8BrFN2O/c16-7-10-1-3-14(12(5-10)9-19)20-15-4-2-11(8-18)6-13(15)17/h1-6H,7H2.